The van der Waals surface area contributed by atoms with E-state index in [2.05, 4.69) is 4.99 Å². The topological polar surface area (TPSA) is 43.6 Å². The molecular weight excluding hydrogens is 379 g/mol. The van der Waals surface area contributed by atoms with Crippen LogP contribution >= 0.6 is 34.5 Å². The van der Waals surface area contributed by atoms with Crippen LogP contribution in [-0.4, -0.2) is 17.6 Å². The Labute approximate surface area is 159 Å². The van der Waals surface area contributed by atoms with Crippen molar-refractivity contribution in [1.82, 2.24) is 4.57 Å². The lowest BCUT2D eigenvalue weighted by Crippen LogP contribution is -2.14. The molecule has 1 amide bonds. The number of carbonyl (C=O) groups is 1. The van der Waals surface area contributed by atoms with Gasteiger partial charge in [0.2, 0.25) is 0 Å². The van der Waals surface area contributed by atoms with Crippen LogP contribution in [0.2, 0.25) is 10.0 Å². The molecule has 0 aliphatic carbocycles. The lowest BCUT2D eigenvalue weighted by molar-refractivity contribution is -0.117. The van der Waals surface area contributed by atoms with E-state index in [1.807, 2.05) is 38.2 Å². The zero-order valence-corrected chi connectivity index (χ0v) is 16.3. The first-order valence-electron chi connectivity index (χ1n) is 7.55. The van der Waals surface area contributed by atoms with Crippen LogP contribution in [0.5, 0.6) is 5.75 Å². The van der Waals surface area contributed by atoms with Gasteiger partial charge < -0.3 is 9.30 Å². The molecule has 130 valence electrons. The van der Waals surface area contributed by atoms with Crippen LogP contribution in [0.15, 0.2) is 35.3 Å². The highest BCUT2D eigenvalue weighted by Gasteiger charge is 2.11. The Morgan fingerprint density at radius 2 is 2.04 bits per heavy atom. The molecule has 0 radical (unpaired) electrons. The summed E-state index contributed by atoms with van der Waals surface area (Å²) in [7, 11) is 3.45. The number of nitrogens with zero attached hydrogens (tertiary/aromatic N) is 2. The maximum Gasteiger partial charge on any atom is 0.252 e. The van der Waals surface area contributed by atoms with Crippen molar-refractivity contribution in [3.05, 3.63) is 56.3 Å². The van der Waals surface area contributed by atoms with E-state index in [9.17, 15) is 4.79 Å². The van der Waals surface area contributed by atoms with Gasteiger partial charge in [-0.25, -0.2) is 0 Å². The van der Waals surface area contributed by atoms with Crippen molar-refractivity contribution in [3.63, 3.8) is 0 Å². The van der Waals surface area contributed by atoms with E-state index in [1.54, 1.807) is 17.7 Å². The lowest BCUT2D eigenvalue weighted by atomic mass is 10.1. The summed E-state index contributed by atoms with van der Waals surface area (Å²) < 4.78 is 7.97. The zero-order chi connectivity index (χ0) is 18.1. The van der Waals surface area contributed by atoms with Gasteiger partial charge in [-0.1, -0.05) is 46.7 Å². The Bertz CT molecular complexity index is 1040. The quantitative estimate of drug-likeness (QED) is 0.654. The molecule has 0 unspecified atom stereocenters. The van der Waals surface area contributed by atoms with Crippen LogP contribution in [0.1, 0.15) is 11.1 Å². The molecule has 0 N–H and O–H groups in total. The maximum absolute atomic E-state index is 12.4. The molecule has 1 aromatic heterocycles. The van der Waals surface area contributed by atoms with E-state index < -0.39 is 0 Å². The van der Waals surface area contributed by atoms with Crippen LogP contribution < -0.4 is 9.54 Å². The van der Waals surface area contributed by atoms with E-state index in [0.717, 1.165) is 27.1 Å². The maximum atomic E-state index is 12.4. The van der Waals surface area contributed by atoms with Gasteiger partial charge in [-0.3, -0.25) is 4.79 Å². The number of fused-ring (bicyclic) bond motifs is 1. The van der Waals surface area contributed by atoms with Crippen molar-refractivity contribution in [2.24, 2.45) is 12.0 Å². The molecule has 3 aromatic rings. The van der Waals surface area contributed by atoms with Crippen molar-refractivity contribution in [2.45, 2.75) is 13.3 Å². The lowest BCUT2D eigenvalue weighted by Gasteiger charge is -2.05. The number of amides is 1. The van der Waals surface area contributed by atoms with Gasteiger partial charge in [-0.15, -0.1) is 0 Å². The van der Waals surface area contributed by atoms with Crippen molar-refractivity contribution >= 4 is 50.7 Å². The Balaban J connectivity index is 1.94. The molecule has 0 saturated heterocycles. The SMILES string of the molecule is COc1ccc(CC(=O)N=c2sc3ccc(Cl)c(Cl)c3n2C)cc1C. The number of aryl methyl sites for hydroxylation is 2. The molecule has 25 heavy (non-hydrogen) atoms. The highest BCUT2D eigenvalue weighted by molar-refractivity contribution is 7.16. The van der Waals surface area contributed by atoms with E-state index in [-0.39, 0.29) is 12.3 Å². The normalized spacial score (nSPS) is 12.0. The summed E-state index contributed by atoms with van der Waals surface area (Å²) in [5.74, 6) is 0.588. The molecule has 0 bridgehead atoms. The van der Waals surface area contributed by atoms with Gasteiger partial charge in [0.25, 0.3) is 5.91 Å². The zero-order valence-electron chi connectivity index (χ0n) is 14.0. The summed E-state index contributed by atoms with van der Waals surface area (Å²) >= 11 is 13.8. The molecule has 0 aliphatic rings. The largest absolute Gasteiger partial charge is 0.496 e. The molecule has 0 atom stereocenters. The fourth-order valence-electron chi connectivity index (χ4n) is 2.65. The summed E-state index contributed by atoms with van der Waals surface area (Å²) in [6.45, 7) is 1.95. The fourth-order valence-corrected chi connectivity index (χ4v) is 4.19. The van der Waals surface area contributed by atoms with Gasteiger partial charge in [0.1, 0.15) is 5.75 Å². The third-order valence-electron chi connectivity index (χ3n) is 3.89. The van der Waals surface area contributed by atoms with Crippen LogP contribution in [-0.2, 0) is 18.3 Å². The first-order valence-corrected chi connectivity index (χ1v) is 9.12. The molecule has 3 rings (SSSR count). The second-order valence-electron chi connectivity index (χ2n) is 5.64. The summed E-state index contributed by atoms with van der Waals surface area (Å²) in [6.07, 6.45) is 0.230. The van der Waals surface area contributed by atoms with Crippen molar-refractivity contribution in [2.75, 3.05) is 7.11 Å². The van der Waals surface area contributed by atoms with Crippen molar-refractivity contribution in [1.29, 1.82) is 0 Å². The Morgan fingerprint density at radius 3 is 2.72 bits per heavy atom. The number of methoxy groups -OCH3 is 1. The van der Waals surface area contributed by atoms with Crippen molar-refractivity contribution in [3.8, 4) is 5.75 Å². The van der Waals surface area contributed by atoms with Crippen LogP contribution in [0.25, 0.3) is 10.2 Å². The van der Waals surface area contributed by atoms with E-state index >= 15 is 0 Å². The molecule has 2 aromatic carbocycles. The Kier molecular flexibility index (Phi) is 5.18. The molecular formula is C18H16Cl2N2O2S. The predicted octanol–water partition coefficient (Wildman–Crippen LogP) is 4.53. The second kappa shape index (κ2) is 7.20. The predicted molar refractivity (Wildman–Crippen MR) is 103 cm³/mol. The van der Waals surface area contributed by atoms with Crippen LogP contribution in [0, 0.1) is 6.92 Å². The van der Waals surface area contributed by atoms with Crippen molar-refractivity contribution < 1.29 is 9.53 Å². The minimum Gasteiger partial charge on any atom is -0.496 e. The number of ether oxygens (including phenoxy) is 1. The summed E-state index contributed by atoms with van der Waals surface area (Å²) in [6, 6.07) is 9.30. The van der Waals surface area contributed by atoms with Gasteiger partial charge in [0, 0.05) is 7.05 Å². The van der Waals surface area contributed by atoms with Gasteiger partial charge in [-0.2, -0.15) is 4.99 Å². The molecule has 0 spiro atoms. The number of hydrogen-bond donors (Lipinski definition) is 0. The molecule has 0 aliphatic heterocycles. The van der Waals surface area contributed by atoms with Gasteiger partial charge in [0.05, 0.1) is 33.8 Å². The number of halogens is 2. The van der Waals surface area contributed by atoms with E-state index in [0.29, 0.717) is 14.8 Å². The average molecular weight is 395 g/mol. The first-order chi connectivity index (χ1) is 11.9. The highest BCUT2D eigenvalue weighted by atomic mass is 35.5. The third kappa shape index (κ3) is 3.59. The number of benzene rings is 2. The standard InChI is InChI=1S/C18H16Cl2N2O2S/c1-10-8-11(4-6-13(10)24-3)9-15(23)21-18-22(2)17-14(25-18)7-5-12(19)16(17)20/h4-8H,9H2,1-3H3. The second-order valence-corrected chi connectivity index (χ2v) is 7.43. The molecule has 0 fully saturated rings. The summed E-state index contributed by atoms with van der Waals surface area (Å²) in [5.41, 5.74) is 2.67. The fraction of sp³-hybridized carbons (Fsp3) is 0.222. The Hall–Kier alpha value is -1.82. The highest BCUT2D eigenvalue weighted by Crippen LogP contribution is 2.31. The Morgan fingerprint density at radius 1 is 1.28 bits per heavy atom. The molecule has 7 heteroatoms. The number of aromatic nitrogens is 1. The minimum atomic E-state index is -0.214. The molecule has 0 saturated carbocycles. The summed E-state index contributed by atoms with van der Waals surface area (Å²) in [4.78, 5) is 17.2. The van der Waals surface area contributed by atoms with E-state index in [1.165, 1.54) is 11.3 Å². The number of hydrogen-bond acceptors (Lipinski definition) is 3. The number of carbonyl (C=O) groups excluding carboxylic acids is 1. The number of rotatable bonds is 3. The first kappa shape index (κ1) is 18.0. The van der Waals surface area contributed by atoms with Gasteiger partial charge in [0.15, 0.2) is 4.80 Å². The van der Waals surface area contributed by atoms with Gasteiger partial charge >= 0.3 is 0 Å². The molecule has 1 heterocycles. The molecule has 4 nitrogen and oxygen atoms in total. The third-order valence-corrected chi connectivity index (χ3v) is 5.78. The summed E-state index contributed by atoms with van der Waals surface area (Å²) in [5, 5.41) is 0.951. The minimum absolute atomic E-state index is 0.214. The van der Waals surface area contributed by atoms with Gasteiger partial charge in [-0.05, 0) is 36.2 Å². The smallest absolute Gasteiger partial charge is 0.252 e. The monoisotopic (exact) mass is 394 g/mol. The number of thiazole rings is 1. The van der Waals surface area contributed by atoms with Crippen LogP contribution in [0.4, 0.5) is 0 Å². The van der Waals surface area contributed by atoms with E-state index in [4.69, 9.17) is 27.9 Å². The average Bonchev–Trinajstić information content (AvgIpc) is 2.88. The van der Waals surface area contributed by atoms with Crippen LogP contribution in [0.3, 0.4) is 0 Å².